The lowest BCUT2D eigenvalue weighted by atomic mass is 10.2. The van der Waals surface area contributed by atoms with Gasteiger partial charge < -0.3 is 4.98 Å². The number of para-hydroxylation sites is 1. The maximum Gasteiger partial charge on any atom is 0.182 e. The topological polar surface area (TPSA) is 20.7 Å². The molecule has 0 bridgehead atoms. The monoisotopic (exact) mass is 292 g/mol. The number of benzene rings is 2. The van der Waals surface area contributed by atoms with Crippen molar-refractivity contribution in [1.29, 1.82) is 0 Å². The van der Waals surface area contributed by atoms with Gasteiger partial charge in [-0.25, -0.2) is 4.39 Å². The number of aryl methyl sites for hydroxylation is 1. The van der Waals surface area contributed by atoms with Crippen molar-refractivity contribution in [2.45, 2.75) is 6.92 Å². The van der Waals surface area contributed by atoms with Crippen LogP contribution in [0.1, 0.15) is 5.56 Å². The predicted molar refractivity (Wildman–Crippen MR) is 78.2 cm³/mol. The first-order valence-electron chi connectivity index (χ1n) is 5.73. The Bertz CT molecular complexity index is 835. The van der Waals surface area contributed by atoms with Crippen LogP contribution >= 0.6 is 23.8 Å². The number of aromatic nitrogens is 2. The van der Waals surface area contributed by atoms with Crippen LogP contribution in [0.15, 0.2) is 36.4 Å². The summed E-state index contributed by atoms with van der Waals surface area (Å²) in [6, 6.07) is 10.6. The molecule has 0 spiro atoms. The van der Waals surface area contributed by atoms with E-state index in [2.05, 4.69) is 4.98 Å². The van der Waals surface area contributed by atoms with Crippen LogP contribution in [0.4, 0.5) is 4.39 Å². The molecular formula is C14H10ClFN2S. The van der Waals surface area contributed by atoms with Crippen molar-refractivity contribution in [3.05, 3.63) is 57.6 Å². The van der Waals surface area contributed by atoms with Gasteiger partial charge in [0.2, 0.25) is 0 Å². The largest absolute Gasteiger partial charge is 0.330 e. The molecule has 19 heavy (non-hydrogen) atoms. The first kappa shape index (κ1) is 12.4. The van der Waals surface area contributed by atoms with E-state index in [0.717, 1.165) is 11.2 Å². The molecule has 0 unspecified atom stereocenters. The molecule has 0 aliphatic carbocycles. The second kappa shape index (κ2) is 4.47. The van der Waals surface area contributed by atoms with Gasteiger partial charge in [0.05, 0.1) is 21.7 Å². The third-order valence-corrected chi connectivity index (χ3v) is 3.66. The standard InChI is InChI=1S/C14H10ClFN2S/c1-8-6-13-11(7-10(8)16)17-14(19)18(13)12-5-3-2-4-9(12)15/h2-7H,1H3,(H,17,19). The predicted octanol–water partition coefficient (Wildman–Crippen LogP) is 4.79. The molecule has 0 aliphatic rings. The number of aromatic amines is 1. The van der Waals surface area contributed by atoms with Gasteiger partial charge in [0, 0.05) is 0 Å². The lowest BCUT2D eigenvalue weighted by Crippen LogP contribution is -1.95. The number of nitrogens with zero attached hydrogens (tertiary/aromatic N) is 1. The number of fused-ring (bicyclic) bond motifs is 1. The molecule has 1 aromatic heterocycles. The Hall–Kier alpha value is -1.65. The van der Waals surface area contributed by atoms with E-state index in [4.69, 9.17) is 23.8 Å². The summed E-state index contributed by atoms with van der Waals surface area (Å²) >= 11 is 11.5. The Morgan fingerprint density at radius 3 is 2.74 bits per heavy atom. The maximum atomic E-state index is 13.6. The highest BCUT2D eigenvalue weighted by atomic mass is 35.5. The number of rotatable bonds is 1. The molecule has 0 amide bonds. The molecule has 2 nitrogen and oxygen atoms in total. The van der Waals surface area contributed by atoms with E-state index in [1.54, 1.807) is 19.1 Å². The molecule has 3 rings (SSSR count). The van der Waals surface area contributed by atoms with Crippen LogP contribution in [-0.4, -0.2) is 9.55 Å². The first-order valence-corrected chi connectivity index (χ1v) is 6.52. The number of hydrogen-bond acceptors (Lipinski definition) is 1. The minimum absolute atomic E-state index is 0.255. The molecule has 5 heteroatoms. The van der Waals surface area contributed by atoms with E-state index in [1.165, 1.54) is 6.07 Å². The zero-order valence-corrected chi connectivity index (χ0v) is 11.6. The molecule has 0 atom stereocenters. The highest BCUT2D eigenvalue weighted by Gasteiger charge is 2.11. The van der Waals surface area contributed by atoms with Crippen molar-refractivity contribution in [3.63, 3.8) is 0 Å². The van der Waals surface area contributed by atoms with E-state index in [-0.39, 0.29) is 5.82 Å². The fraction of sp³-hybridized carbons (Fsp3) is 0.0714. The molecular weight excluding hydrogens is 283 g/mol. The van der Waals surface area contributed by atoms with Crippen LogP contribution in [0.3, 0.4) is 0 Å². The SMILES string of the molecule is Cc1cc2c(cc1F)[nH]c(=S)n2-c1ccccc1Cl. The lowest BCUT2D eigenvalue weighted by Gasteiger charge is -2.07. The highest BCUT2D eigenvalue weighted by molar-refractivity contribution is 7.71. The lowest BCUT2D eigenvalue weighted by molar-refractivity contribution is 0.620. The Labute approximate surface area is 119 Å². The van der Waals surface area contributed by atoms with Gasteiger partial charge in [-0.2, -0.15) is 0 Å². The summed E-state index contributed by atoms with van der Waals surface area (Å²) in [6.07, 6.45) is 0. The van der Waals surface area contributed by atoms with Crippen LogP contribution < -0.4 is 0 Å². The average molecular weight is 293 g/mol. The van der Waals surface area contributed by atoms with Crippen molar-refractivity contribution in [2.75, 3.05) is 0 Å². The van der Waals surface area contributed by atoms with Crippen molar-refractivity contribution in [3.8, 4) is 5.69 Å². The van der Waals surface area contributed by atoms with Crippen molar-refractivity contribution in [2.24, 2.45) is 0 Å². The van der Waals surface area contributed by atoms with Gasteiger partial charge in [-0.1, -0.05) is 23.7 Å². The van der Waals surface area contributed by atoms with Gasteiger partial charge in [0.25, 0.3) is 0 Å². The smallest absolute Gasteiger partial charge is 0.182 e. The zero-order valence-electron chi connectivity index (χ0n) is 10.1. The summed E-state index contributed by atoms with van der Waals surface area (Å²) in [6.45, 7) is 1.72. The second-order valence-electron chi connectivity index (χ2n) is 4.34. The number of halogens is 2. The normalized spacial score (nSPS) is 11.1. The number of H-pyrrole nitrogens is 1. The molecule has 1 heterocycles. The minimum atomic E-state index is -0.255. The fourth-order valence-corrected chi connectivity index (χ4v) is 2.63. The summed E-state index contributed by atoms with van der Waals surface area (Å²) in [5.41, 5.74) is 2.83. The number of hydrogen-bond donors (Lipinski definition) is 1. The van der Waals surface area contributed by atoms with E-state index >= 15 is 0 Å². The Balaban J connectivity index is 2.42. The summed E-state index contributed by atoms with van der Waals surface area (Å²) in [4.78, 5) is 3.00. The molecule has 2 aromatic carbocycles. The molecule has 1 N–H and O–H groups in total. The third-order valence-electron chi connectivity index (χ3n) is 3.06. The van der Waals surface area contributed by atoms with E-state index < -0.39 is 0 Å². The third kappa shape index (κ3) is 1.97. The molecule has 0 fully saturated rings. The van der Waals surface area contributed by atoms with Gasteiger partial charge in [0.1, 0.15) is 5.82 Å². The molecule has 0 aliphatic heterocycles. The van der Waals surface area contributed by atoms with Gasteiger partial charge in [0.15, 0.2) is 4.77 Å². The molecule has 0 saturated carbocycles. The van der Waals surface area contributed by atoms with Crippen LogP contribution in [-0.2, 0) is 0 Å². The van der Waals surface area contributed by atoms with Crippen molar-refractivity contribution in [1.82, 2.24) is 9.55 Å². The Morgan fingerprint density at radius 2 is 2.00 bits per heavy atom. The summed E-state index contributed by atoms with van der Waals surface area (Å²) in [5.74, 6) is -0.255. The number of nitrogens with one attached hydrogen (secondary N) is 1. The van der Waals surface area contributed by atoms with Gasteiger partial charge >= 0.3 is 0 Å². The summed E-state index contributed by atoms with van der Waals surface area (Å²) in [7, 11) is 0. The number of imidazole rings is 1. The average Bonchev–Trinajstić information content (AvgIpc) is 2.66. The second-order valence-corrected chi connectivity index (χ2v) is 5.13. The summed E-state index contributed by atoms with van der Waals surface area (Å²) in [5, 5.41) is 0.599. The van der Waals surface area contributed by atoms with E-state index in [9.17, 15) is 4.39 Å². The van der Waals surface area contributed by atoms with E-state index in [0.29, 0.717) is 20.9 Å². The summed E-state index contributed by atoms with van der Waals surface area (Å²) < 4.78 is 15.9. The van der Waals surface area contributed by atoms with Crippen LogP contribution in [0.5, 0.6) is 0 Å². The van der Waals surface area contributed by atoms with Crippen LogP contribution in [0, 0.1) is 17.5 Å². The van der Waals surface area contributed by atoms with Gasteiger partial charge in [-0.15, -0.1) is 0 Å². The Kier molecular flexibility index (Phi) is 2.92. The quantitative estimate of drug-likeness (QED) is 0.640. The van der Waals surface area contributed by atoms with Gasteiger partial charge in [-0.3, -0.25) is 4.57 Å². The van der Waals surface area contributed by atoms with Crippen molar-refractivity contribution < 1.29 is 4.39 Å². The van der Waals surface area contributed by atoms with Crippen LogP contribution in [0.25, 0.3) is 16.7 Å². The zero-order chi connectivity index (χ0) is 13.6. The van der Waals surface area contributed by atoms with Gasteiger partial charge in [-0.05, 0) is 49.0 Å². The molecule has 3 aromatic rings. The fourth-order valence-electron chi connectivity index (χ4n) is 2.10. The Morgan fingerprint density at radius 1 is 1.26 bits per heavy atom. The maximum absolute atomic E-state index is 13.6. The highest BCUT2D eigenvalue weighted by Crippen LogP contribution is 2.26. The molecule has 96 valence electrons. The first-order chi connectivity index (χ1) is 9.08. The van der Waals surface area contributed by atoms with Crippen molar-refractivity contribution >= 4 is 34.9 Å². The van der Waals surface area contributed by atoms with E-state index in [1.807, 2.05) is 22.8 Å². The molecule has 0 radical (unpaired) electrons. The minimum Gasteiger partial charge on any atom is -0.330 e. The molecule has 0 saturated heterocycles. The van der Waals surface area contributed by atoms with Crippen LogP contribution in [0.2, 0.25) is 5.02 Å².